The number of nitrogens with one attached hydrogen (secondary N) is 2. The van der Waals surface area contributed by atoms with Crippen molar-refractivity contribution in [3.63, 3.8) is 0 Å². The monoisotopic (exact) mass is 400 g/mol. The minimum Gasteiger partial charge on any atom is -0.387 e. The maximum absolute atomic E-state index is 13.2. The summed E-state index contributed by atoms with van der Waals surface area (Å²) in [6.45, 7) is 2.77. The maximum atomic E-state index is 13.2. The zero-order chi connectivity index (χ0) is 20.8. The Morgan fingerprint density at radius 2 is 2.17 bits per heavy atom. The van der Waals surface area contributed by atoms with Crippen LogP contribution < -0.4 is 10.6 Å². The van der Waals surface area contributed by atoms with Crippen LogP contribution in [0, 0.1) is 11.7 Å². The first-order chi connectivity index (χ1) is 14.0. The van der Waals surface area contributed by atoms with E-state index in [4.69, 9.17) is 0 Å². The average Bonchev–Trinajstić information content (AvgIpc) is 3.06. The number of amides is 3. The van der Waals surface area contributed by atoms with Gasteiger partial charge in [-0.2, -0.15) is 0 Å². The number of urea groups is 1. The lowest BCUT2D eigenvalue weighted by atomic mass is 9.94. The molecule has 8 heteroatoms. The Hall–Kier alpha value is -3.00. The molecule has 0 radical (unpaired) electrons. The van der Waals surface area contributed by atoms with Gasteiger partial charge in [-0.1, -0.05) is 18.2 Å². The van der Waals surface area contributed by atoms with Gasteiger partial charge >= 0.3 is 6.03 Å². The molecule has 0 aliphatic carbocycles. The minimum absolute atomic E-state index is 0.0496. The van der Waals surface area contributed by atoms with Gasteiger partial charge < -0.3 is 20.6 Å². The second kappa shape index (κ2) is 9.47. The molecule has 1 unspecified atom stereocenters. The van der Waals surface area contributed by atoms with Gasteiger partial charge in [0.1, 0.15) is 5.82 Å². The van der Waals surface area contributed by atoms with Crippen molar-refractivity contribution in [2.45, 2.75) is 25.5 Å². The fourth-order valence-electron chi connectivity index (χ4n) is 3.73. The molecular weight excluding hydrogens is 375 g/mol. The van der Waals surface area contributed by atoms with Crippen LogP contribution in [-0.4, -0.2) is 46.6 Å². The van der Waals surface area contributed by atoms with E-state index in [9.17, 15) is 19.1 Å². The van der Waals surface area contributed by atoms with Crippen molar-refractivity contribution in [2.24, 2.45) is 5.92 Å². The number of aromatic nitrogens is 1. The van der Waals surface area contributed by atoms with Crippen LogP contribution >= 0.6 is 0 Å². The molecular formula is C21H25FN4O3. The van der Waals surface area contributed by atoms with Gasteiger partial charge in [-0.05, 0) is 36.2 Å². The van der Waals surface area contributed by atoms with Crippen LogP contribution in [0.15, 0.2) is 48.8 Å². The number of hydrogen-bond donors (Lipinski definition) is 3. The van der Waals surface area contributed by atoms with Gasteiger partial charge in [0.25, 0.3) is 0 Å². The second-order valence-corrected chi connectivity index (χ2v) is 7.04. The number of rotatable bonds is 7. The molecule has 1 aliphatic rings. The number of pyridine rings is 1. The van der Waals surface area contributed by atoms with Crippen molar-refractivity contribution in [3.8, 4) is 0 Å². The van der Waals surface area contributed by atoms with Gasteiger partial charge in [0.2, 0.25) is 5.91 Å². The highest BCUT2D eigenvalue weighted by Crippen LogP contribution is 2.37. The highest BCUT2D eigenvalue weighted by Gasteiger charge is 2.39. The number of aliphatic hydroxyl groups excluding tert-OH is 1. The molecule has 1 aromatic heterocycles. The van der Waals surface area contributed by atoms with E-state index < -0.39 is 18.0 Å². The Morgan fingerprint density at radius 3 is 2.86 bits per heavy atom. The maximum Gasteiger partial charge on any atom is 0.314 e. The molecule has 2 aromatic rings. The molecule has 3 atom stereocenters. The van der Waals surface area contributed by atoms with E-state index in [-0.39, 0.29) is 24.4 Å². The quantitative estimate of drug-likeness (QED) is 0.664. The molecule has 3 rings (SSSR count). The number of likely N-dealkylation sites (tertiary alicyclic amines) is 1. The fourth-order valence-corrected chi connectivity index (χ4v) is 3.73. The number of benzene rings is 1. The highest BCUT2D eigenvalue weighted by molar-refractivity contribution is 5.80. The number of carbonyl (C=O) groups is 2. The van der Waals surface area contributed by atoms with Crippen molar-refractivity contribution in [2.75, 3.05) is 19.6 Å². The summed E-state index contributed by atoms with van der Waals surface area (Å²) >= 11 is 0. The first-order valence-electron chi connectivity index (χ1n) is 9.64. The molecule has 1 aliphatic heterocycles. The lowest BCUT2D eigenvalue weighted by molar-refractivity contribution is -0.128. The molecule has 154 valence electrons. The molecule has 1 aromatic carbocycles. The van der Waals surface area contributed by atoms with Crippen LogP contribution in [-0.2, 0) is 4.79 Å². The lowest BCUT2D eigenvalue weighted by Crippen LogP contribution is -2.41. The normalized spacial score (nSPS) is 19.8. The molecule has 3 amide bonds. The van der Waals surface area contributed by atoms with Crippen LogP contribution in [0.4, 0.5) is 9.18 Å². The Balaban J connectivity index is 1.55. The van der Waals surface area contributed by atoms with Crippen LogP contribution in [0.25, 0.3) is 0 Å². The number of halogens is 1. The van der Waals surface area contributed by atoms with E-state index in [1.54, 1.807) is 23.4 Å². The van der Waals surface area contributed by atoms with Crippen LogP contribution in [0.2, 0.25) is 0 Å². The van der Waals surface area contributed by atoms with Gasteiger partial charge in [-0.3, -0.25) is 9.78 Å². The van der Waals surface area contributed by atoms with Crippen LogP contribution in [0.3, 0.4) is 0 Å². The summed E-state index contributed by atoms with van der Waals surface area (Å²) in [5, 5.41) is 15.5. The molecule has 29 heavy (non-hydrogen) atoms. The first-order valence-corrected chi connectivity index (χ1v) is 9.64. The Morgan fingerprint density at radius 1 is 1.34 bits per heavy atom. The third-order valence-corrected chi connectivity index (χ3v) is 5.12. The molecule has 0 saturated carbocycles. The largest absolute Gasteiger partial charge is 0.387 e. The standard InChI is InChI=1S/C21H25FN4O3/c1-2-26-19(28)10-16(20(26)15-6-4-8-23-11-15)12-24-21(29)25-13-18(27)14-5-3-7-17(22)9-14/h3-9,11,16,18,20,27H,2,10,12-13H2,1H3,(H2,24,25,29)/t16-,18?,20-/m1/s1. The topological polar surface area (TPSA) is 94.6 Å². The third kappa shape index (κ3) is 5.08. The predicted octanol–water partition coefficient (Wildman–Crippen LogP) is 2.16. The Labute approximate surface area is 168 Å². The van der Waals surface area contributed by atoms with Gasteiger partial charge in [-0.25, -0.2) is 9.18 Å². The van der Waals surface area contributed by atoms with E-state index >= 15 is 0 Å². The Bertz CT molecular complexity index is 849. The van der Waals surface area contributed by atoms with E-state index in [0.717, 1.165) is 5.56 Å². The summed E-state index contributed by atoms with van der Waals surface area (Å²) in [6, 6.07) is 8.78. The van der Waals surface area contributed by atoms with Crippen LogP contribution in [0.1, 0.15) is 36.6 Å². The molecule has 7 nitrogen and oxygen atoms in total. The summed E-state index contributed by atoms with van der Waals surface area (Å²) < 4.78 is 13.2. The molecule has 0 bridgehead atoms. The van der Waals surface area contributed by atoms with E-state index in [0.29, 0.717) is 25.1 Å². The summed E-state index contributed by atoms with van der Waals surface area (Å²) in [5.74, 6) is -0.473. The fraction of sp³-hybridized carbons (Fsp3) is 0.381. The van der Waals surface area contributed by atoms with Crippen molar-refractivity contribution in [1.29, 1.82) is 0 Å². The second-order valence-electron chi connectivity index (χ2n) is 7.04. The van der Waals surface area contributed by atoms with Gasteiger partial charge in [0.05, 0.1) is 12.1 Å². The zero-order valence-electron chi connectivity index (χ0n) is 16.2. The summed E-state index contributed by atoms with van der Waals surface area (Å²) in [7, 11) is 0. The van der Waals surface area contributed by atoms with E-state index in [2.05, 4.69) is 15.6 Å². The SMILES string of the molecule is CCN1C(=O)C[C@H](CNC(=O)NCC(O)c2cccc(F)c2)[C@H]1c1cccnc1. The minimum atomic E-state index is -1.01. The lowest BCUT2D eigenvalue weighted by Gasteiger charge is -2.27. The van der Waals surface area contributed by atoms with Crippen molar-refractivity contribution in [3.05, 3.63) is 65.7 Å². The predicted molar refractivity (Wildman–Crippen MR) is 105 cm³/mol. The van der Waals surface area contributed by atoms with Crippen molar-refractivity contribution < 1.29 is 19.1 Å². The number of carbonyl (C=O) groups excluding carboxylic acids is 2. The van der Waals surface area contributed by atoms with Crippen LogP contribution in [0.5, 0.6) is 0 Å². The molecule has 0 spiro atoms. The number of hydrogen-bond acceptors (Lipinski definition) is 4. The van der Waals surface area contributed by atoms with Gasteiger partial charge in [-0.15, -0.1) is 0 Å². The summed E-state index contributed by atoms with van der Waals surface area (Å²) in [4.78, 5) is 30.5. The number of aliphatic hydroxyl groups is 1. The van der Waals surface area contributed by atoms with E-state index in [1.807, 2.05) is 19.1 Å². The summed E-state index contributed by atoms with van der Waals surface area (Å²) in [5.41, 5.74) is 1.33. The van der Waals surface area contributed by atoms with Crippen molar-refractivity contribution in [1.82, 2.24) is 20.5 Å². The third-order valence-electron chi connectivity index (χ3n) is 5.12. The molecule has 3 N–H and O–H groups in total. The number of nitrogens with zero attached hydrogens (tertiary/aromatic N) is 2. The smallest absolute Gasteiger partial charge is 0.314 e. The molecule has 1 fully saturated rings. The zero-order valence-corrected chi connectivity index (χ0v) is 16.2. The first kappa shape index (κ1) is 20.7. The van der Waals surface area contributed by atoms with Gasteiger partial charge in [0, 0.05) is 44.4 Å². The highest BCUT2D eigenvalue weighted by atomic mass is 19.1. The average molecular weight is 400 g/mol. The Kier molecular flexibility index (Phi) is 6.77. The summed E-state index contributed by atoms with van der Waals surface area (Å²) in [6.07, 6.45) is 2.76. The molecule has 1 saturated heterocycles. The van der Waals surface area contributed by atoms with E-state index in [1.165, 1.54) is 18.2 Å². The van der Waals surface area contributed by atoms with Gasteiger partial charge in [0.15, 0.2) is 0 Å². The molecule has 2 heterocycles. The van der Waals surface area contributed by atoms with Crippen molar-refractivity contribution >= 4 is 11.9 Å².